The number of hydrogen-bond acceptors (Lipinski definition) is 5. The molecule has 0 radical (unpaired) electrons. The average molecular weight is 581 g/mol. The van der Waals surface area contributed by atoms with Crippen LogP contribution in [0, 0.1) is 12.8 Å². The predicted octanol–water partition coefficient (Wildman–Crippen LogP) is 6.98. The van der Waals surface area contributed by atoms with Crippen LogP contribution in [0.25, 0.3) is 0 Å². The van der Waals surface area contributed by atoms with Gasteiger partial charge in [-0.25, -0.2) is 0 Å². The number of carbonyl (C=O) groups excluding carboxylic acids is 2. The van der Waals surface area contributed by atoms with Gasteiger partial charge in [0.1, 0.15) is 0 Å². The minimum absolute atomic E-state index is 0.124. The second kappa shape index (κ2) is 13.3. The zero-order chi connectivity index (χ0) is 27.1. The van der Waals surface area contributed by atoms with Crippen LogP contribution in [-0.2, 0) is 11.3 Å². The minimum atomic E-state index is -0.438. The summed E-state index contributed by atoms with van der Waals surface area (Å²) < 4.78 is 1.86. The van der Waals surface area contributed by atoms with Gasteiger partial charge in [0.25, 0.3) is 5.91 Å². The summed E-state index contributed by atoms with van der Waals surface area (Å²) in [5.74, 6) is 0.425. The third-order valence-corrected chi connectivity index (χ3v) is 7.10. The van der Waals surface area contributed by atoms with Crippen LogP contribution in [-0.4, -0.2) is 32.3 Å². The highest BCUT2D eigenvalue weighted by atomic mass is 35.5. The first-order valence-corrected chi connectivity index (χ1v) is 13.7. The van der Waals surface area contributed by atoms with Crippen LogP contribution in [0.4, 0.5) is 5.69 Å². The van der Waals surface area contributed by atoms with E-state index in [2.05, 4.69) is 41.3 Å². The lowest BCUT2D eigenvalue weighted by atomic mass is 10.0. The van der Waals surface area contributed by atoms with E-state index in [4.69, 9.17) is 34.8 Å². The molecule has 2 amide bonds. The monoisotopic (exact) mass is 579 g/mol. The van der Waals surface area contributed by atoms with Crippen molar-refractivity contribution >= 4 is 64.1 Å². The van der Waals surface area contributed by atoms with Crippen molar-refractivity contribution in [3.8, 4) is 0 Å². The summed E-state index contributed by atoms with van der Waals surface area (Å²) in [6.07, 6.45) is 2.34. The molecule has 2 aromatic carbocycles. The van der Waals surface area contributed by atoms with Gasteiger partial charge in [-0.2, -0.15) is 0 Å². The van der Waals surface area contributed by atoms with Crippen molar-refractivity contribution in [3.05, 3.63) is 81.1 Å². The van der Waals surface area contributed by atoms with E-state index in [1.165, 1.54) is 17.8 Å². The van der Waals surface area contributed by atoms with E-state index in [0.717, 1.165) is 5.56 Å². The molecule has 0 unspecified atom stereocenters. The lowest BCUT2D eigenvalue weighted by Gasteiger charge is -2.21. The molecule has 2 N–H and O–H groups in total. The summed E-state index contributed by atoms with van der Waals surface area (Å²) in [7, 11) is 0. The van der Waals surface area contributed by atoms with Gasteiger partial charge in [0, 0.05) is 22.3 Å². The van der Waals surface area contributed by atoms with Crippen LogP contribution < -0.4 is 10.6 Å². The zero-order valence-corrected chi connectivity index (χ0v) is 23.8. The number of carbonyl (C=O) groups is 2. The molecule has 0 aliphatic rings. The fraction of sp³-hybridized carbons (Fsp3) is 0.308. The van der Waals surface area contributed by atoms with Crippen LogP contribution >= 0.6 is 46.6 Å². The molecule has 7 nitrogen and oxygen atoms in total. The Bertz CT molecular complexity index is 1300. The van der Waals surface area contributed by atoms with E-state index in [-0.39, 0.29) is 28.5 Å². The van der Waals surface area contributed by atoms with Gasteiger partial charge in [0.05, 0.1) is 22.4 Å². The van der Waals surface area contributed by atoms with E-state index < -0.39 is 6.04 Å². The number of nitrogens with one attached hydrogen (secondary N) is 2. The third kappa shape index (κ3) is 7.98. The SMILES string of the molecule is C=CCn1c(SCC(=O)Nc2ccc(Cl)cc2C)nnc1[C@@H](CC(C)C)NC(=O)c1ccc(Cl)cc1Cl. The topological polar surface area (TPSA) is 88.9 Å². The first-order chi connectivity index (χ1) is 17.6. The summed E-state index contributed by atoms with van der Waals surface area (Å²) in [4.78, 5) is 25.7. The van der Waals surface area contributed by atoms with Gasteiger partial charge in [0.15, 0.2) is 11.0 Å². The maximum atomic E-state index is 13.1. The molecule has 0 aliphatic heterocycles. The van der Waals surface area contributed by atoms with Gasteiger partial charge in [-0.05, 0) is 61.2 Å². The molecule has 0 fully saturated rings. The molecule has 0 saturated carbocycles. The molecule has 196 valence electrons. The summed E-state index contributed by atoms with van der Waals surface area (Å²) in [5.41, 5.74) is 1.89. The molecule has 3 aromatic rings. The number of benzene rings is 2. The first-order valence-electron chi connectivity index (χ1n) is 11.6. The Hall–Kier alpha value is -2.52. The maximum Gasteiger partial charge on any atom is 0.253 e. The molecule has 0 bridgehead atoms. The number of aromatic nitrogens is 3. The first kappa shape index (κ1) is 29.0. The highest BCUT2D eigenvalue weighted by molar-refractivity contribution is 7.99. The van der Waals surface area contributed by atoms with Gasteiger partial charge in [0.2, 0.25) is 5.91 Å². The fourth-order valence-electron chi connectivity index (χ4n) is 3.66. The Morgan fingerprint density at radius 1 is 1.11 bits per heavy atom. The molecule has 0 aliphatic carbocycles. The van der Waals surface area contributed by atoms with Crippen LogP contribution in [0.3, 0.4) is 0 Å². The normalized spacial score (nSPS) is 11.9. The molecule has 3 rings (SSSR count). The number of rotatable bonds is 11. The fourth-order valence-corrected chi connectivity index (χ4v) is 5.13. The van der Waals surface area contributed by atoms with Gasteiger partial charge in [-0.15, -0.1) is 16.8 Å². The zero-order valence-electron chi connectivity index (χ0n) is 20.7. The molecule has 0 saturated heterocycles. The number of halogens is 3. The van der Waals surface area contributed by atoms with Crippen molar-refractivity contribution in [1.29, 1.82) is 0 Å². The highest BCUT2D eigenvalue weighted by Crippen LogP contribution is 2.27. The Labute approximate surface area is 236 Å². The number of nitrogens with zero attached hydrogens (tertiary/aromatic N) is 3. The molecular formula is C26H28Cl3N5O2S. The molecule has 1 atom stereocenters. The highest BCUT2D eigenvalue weighted by Gasteiger charge is 2.25. The average Bonchev–Trinajstić information content (AvgIpc) is 3.21. The maximum absolute atomic E-state index is 13.1. The third-order valence-electron chi connectivity index (χ3n) is 5.35. The molecule has 0 spiro atoms. The predicted molar refractivity (Wildman–Crippen MR) is 152 cm³/mol. The standard InChI is InChI=1S/C26H28Cl3N5O2S/c1-5-10-34-24(22(11-15(2)3)31-25(36)19-8-6-18(28)13-20(19)29)32-33-26(34)37-14-23(35)30-21-9-7-17(27)12-16(21)4/h5-9,12-13,15,22H,1,10-11,14H2,2-4H3,(H,30,35)(H,31,36)/t22-/m1/s1. The molecule has 1 aromatic heterocycles. The Morgan fingerprint density at radius 3 is 2.46 bits per heavy atom. The van der Waals surface area contributed by atoms with Crippen LogP contribution in [0.5, 0.6) is 0 Å². The lowest BCUT2D eigenvalue weighted by Crippen LogP contribution is -2.32. The van der Waals surface area contributed by atoms with E-state index in [1.54, 1.807) is 36.4 Å². The quantitative estimate of drug-likeness (QED) is 0.189. The van der Waals surface area contributed by atoms with Gasteiger partial charge in [-0.1, -0.05) is 66.5 Å². The number of hydrogen-bond donors (Lipinski definition) is 2. The number of thioether (sulfide) groups is 1. The smallest absolute Gasteiger partial charge is 0.253 e. The van der Waals surface area contributed by atoms with Gasteiger partial charge < -0.3 is 15.2 Å². The lowest BCUT2D eigenvalue weighted by molar-refractivity contribution is -0.113. The van der Waals surface area contributed by atoms with Crippen molar-refractivity contribution in [3.63, 3.8) is 0 Å². The Kier molecular flexibility index (Phi) is 10.5. The van der Waals surface area contributed by atoms with E-state index in [9.17, 15) is 9.59 Å². The summed E-state index contributed by atoms with van der Waals surface area (Å²) in [6.45, 7) is 10.2. The van der Waals surface area contributed by atoms with Crippen LogP contribution in [0.2, 0.25) is 15.1 Å². The van der Waals surface area contributed by atoms with Crippen molar-refractivity contribution in [2.45, 2.75) is 44.9 Å². The van der Waals surface area contributed by atoms with Crippen molar-refractivity contribution < 1.29 is 9.59 Å². The second-order valence-electron chi connectivity index (χ2n) is 8.82. The molecule has 1 heterocycles. The summed E-state index contributed by atoms with van der Waals surface area (Å²) in [6, 6.07) is 9.58. The number of aryl methyl sites for hydroxylation is 1. The molecule has 11 heteroatoms. The van der Waals surface area contributed by atoms with E-state index in [1.807, 2.05) is 11.5 Å². The number of amides is 2. The minimum Gasteiger partial charge on any atom is -0.342 e. The van der Waals surface area contributed by atoms with Crippen LogP contribution in [0.15, 0.2) is 54.2 Å². The molecule has 37 heavy (non-hydrogen) atoms. The van der Waals surface area contributed by atoms with Crippen molar-refractivity contribution in [2.24, 2.45) is 5.92 Å². The number of allylic oxidation sites excluding steroid dienone is 1. The van der Waals surface area contributed by atoms with Gasteiger partial charge in [-0.3, -0.25) is 9.59 Å². The van der Waals surface area contributed by atoms with Gasteiger partial charge >= 0.3 is 0 Å². The second-order valence-corrected chi connectivity index (χ2v) is 11.0. The van der Waals surface area contributed by atoms with E-state index in [0.29, 0.717) is 45.2 Å². The van der Waals surface area contributed by atoms with Crippen molar-refractivity contribution in [1.82, 2.24) is 20.1 Å². The molecular weight excluding hydrogens is 553 g/mol. The summed E-state index contributed by atoms with van der Waals surface area (Å²) in [5, 5.41) is 16.5. The number of anilines is 1. The van der Waals surface area contributed by atoms with Crippen molar-refractivity contribution in [2.75, 3.05) is 11.1 Å². The Morgan fingerprint density at radius 2 is 1.81 bits per heavy atom. The van der Waals surface area contributed by atoms with Crippen LogP contribution in [0.1, 0.15) is 48.1 Å². The largest absolute Gasteiger partial charge is 0.342 e. The van der Waals surface area contributed by atoms with E-state index >= 15 is 0 Å². The Balaban J connectivity index is 1.79. The summed E-state index contributed by atoms with van der Waals surface area (Å²) >= 11 is 19.5.